The van der Waals surface area contributed by atoms with Crippen LogP contribution in [-0.4, -0.2) is 66.3 Å². The van der Waals surface area contributed by atoms with Crippen molar-refractivity contribution in [3.63, 3.8) is 0 Å². The fraction of sp³-hybridized carbons (Fsp3) is 0.833. The van der Waals surface area contributed by atoms with Gasteiger partial charge in [0.05, 0.1) is 12.0 Å². The van der Waals surface area contributed by atoms with Crippen LogP contribution in [0.25, 0.3) is 0 Å². The van der Waals surface area contributed by atoms with Crippen LogP contribution in [0.15, 0.2) is 0 Å². The quantitative estimate of drug-likeness (QED) is 0.786. The zero-order chi connectivity index (χ0) is 13.1. The van der Waals surface area contributed by atoms with Crippen LogP contribution in [0.5, 0.6) is 0 Å². The summed E-state index contributed by atoms with van der Waals surface area (Å²) in [5.74, 6) is -1.21. The van der Waals surface area contributed by atoms with Gasteiger partial charge in [0.15, 0.2) is 0 Å². The van der Waals surface area contributed by atoms with Gasteiger partial charge in [0.2, 0.25) is 0 Å². The summed E-state index contributed by atoms with van der Waals surface area (Å²) in [6, 6.07) is -0.0412. The fourth-order valence-electron chi connectivity index (χ4n) is 2.64. The van der Waals surface area contributed by atoms with Crippen LogP contribution in [-0.2, 0) is 9.53 Å². The molecule has 0 aromatic carbocycles. The maximum Gasteiger partial charge on any atom is 0.320 e. The SMILES string of the molecule is COC1CCCN(C(=O)N2CCC(C(=O)O)C2)C1. The predicted octanol–water partition coefficient (Wildman–Crippen LogP) is 0.624. The summed E-state index contributed by atoms with van der Waals surface area (Å²) in [5.41, 5.74) is 0. The third kappa shape index (κ3) is 2.75. The van der Waals surface area contributed by atoms with Crippen molar-refractivity contribution in [2.24, 2.45) is 5.92 Å². The normalized spacial score (nSPS) is 28.5. The molecular weight excluding hydrogens is 236 g/mol. The number of carbonyl (C=O) groups is 2. The third-order valence-electron chi connectivity index (χ3n) is 3.79. The molecule has 6 heteroatoms. The van der Waals surface area contributed by atoms with E-state index in [4.69, 9.17) is 9.84 Å². The number of piperidine rings is 1. The zero-order valence-corrected chi connectivity index (χ0v) is 10.7. The molecule has 0 bridgehead atoms. The molecule has 0 saturated carbocycles. The molecule has 6 nitrogen and oxygen atoms in total. The highest BCUT2D eigenvalue weighted by molar-refractivity contribution is 5.77. The van der Waals surface area contributed by atoms with Gasteiger partial charge in [-0.05, 0) is 19.3 Å². The highest BCUT2D eigenvalue weighted by Gasteiger charge is 2.34. The number of hydrogen-bond donors (Lipinski definition) is 1. The fourth-order valence-corrected chi connectivity index (χ4v) is 2.64. The zero-order valence-electron chi connectivity index (χ0n) is 10.7. The molecule has 0 spiro atoms. The van der Waals surface area contributed by atoms with E-state index in [1.165, 1.54) is 0 Å². The monoisotopic (exact) mass is 256 g/mol. The van der Waals surface area contributed by atoms with Gasteiger partial charge in [-0.1, -0.05) is 0 Å². The van der Waals surface area contributed by atoms with Gasteiger partial charge in [0.1, 0.15) is 0 Å². The lowest BCUT2D eigenvalue weighted by Gasteiger charge is -2.34. The number of nitrogens with zero attached hydrogens (tertiary/aromatic N) is 2. The average molecular weight is 256 g/mol. The van der Waals surface area contributed by atoms with Crippen molar-refractivity contribution < 1.29 is 19.4 Å². The number of amides is 2. The Morgan fingerprint density at radius 3 is 2.50 bits per heavy atom. The summed E-state index contributed by atoms with van der Waals surface area (Å²) >= 11 is 0. The molecule has 102 valence electrons. The second-order valence-corrected chi connectivity index (χ2v) is 5.00. The molecule has 2 aliphatic heterocycles. The molecule has 0 aromatic heterocycles. The van der Waals surface area contributed by atoms with Gasteiger partial charge in [-0.25, -0.2) is 4.79 Å². The van der Waals surface area contributed by atoms with Crippen LogP contribution in [0.2, 0.25) is 0 Å². The minimum atomic E-state index is -0.807. The number of ether oxygens (including phenoxy) is 1. The number of likely N-dealkylation sites (tertiary alicyclic amines) is 2. The number of hydrogen-bond acceptors (Lipinski definition) is 3. The number of methoxy groups -OCH3 is 1. The number of carboxylic acid groups (broad SMARTS) is 1. The lowest BCUT2D eigenvalue weighted by Crippen LogP contribution is -2.48. The summed E-state index contributed by atoms with van der Waals surface area (Å²) in [6.07, 6.45) is 2.60. The highest BCUT2D eigenvalue weighted by atomic mass is 16.5. The van der Waals surface area contributed by atoms with Gasteiger partial charge >= 0.3 is 12.0 Å². The van der Waals surface area contributed by atoms with E-state index in [-0.39, 0.29) is 12.1 Å². The lowest BCUT2D eigenvalue weighted by molar-refractivity contribution is -0.141. The summed E-state index contributed by atoms with van der Waals surface area (Å²) in [6.45, 7) is 2.24. The topological polar surface area (TPSA) is 70.1 Å². The summed E-state index contributed by atoms with van der Waals surface area (Å²) in [7, 11) is 1.66. The van der Waals surface area contributed by atoms with Crippen molar-refractivity contribution in [1.29, 1.82) is 0 Å². The molecule has 2 aliphatic rings. The van der Waals surface area contributed by atoms with Crippen LogP contribution in [0.1, 0.15) is 19.3 Å². The van der Waals surface area contributed by atoms with Crippen LogP contribution in [0.4, 0.5) is 4.79 Å². The van der Waals surface area contributed by atoms with E-state index in [0.717, 1.165) is 19.4 Å². The first-order valence-corrected chi connectivity index (χ1v) is 6.41. The minimum Gasteiger partial charge on any atom is -0.481 e. The molecule has 0 radical (unpaired) electrons. The Morgan fingerprint density at radius 2 is 1.89 bits per heavy atom. The Balaban J connectivity index is 1.89. The van der Waals surface area contributed by atoms with E-state index in [1.807, 2.05) is 0 Å². The van der Waals surface area contributed by atoms with Crippen LogP contribution in [0, 0.1) is 5.92 Å². The van der Waals surface area contributed by atoms with E-state index in [1.54, 1.807) is 16.9 Å². The molecule has 2 amide bonds. The predicted molar refractivity (Wildman–Crippen MR) is 64.3 cm³/mol. The second-order valence-electron chi connectivity index (χ2n) is 5.00. The Morgan fingerprint density at radius 1 is 1.17 bits per heavy atom. The molecule has 2 rings (SSSR count). The van der Waals surface area contributed by atoms with Crippen molar-refractivity contribution in [1.82, 2.24) is 9.80 Å². The van der Waals surface area contributed by atoms with Crippen LogP contribution in [0.3, 0.4) is 0 Å². The van der Waals surface area contributed by atoms with E-state index in [9.17, 15) is 9.59 Å². The van der Waals surface area contributed by atoms with E-state index in [2.05, 4.69) is 0 Å². The van der Waals surface area contributed by atoms with Gasteiger partial charge in [0.25, 0.3) is 0 Å². The van der Waals surface area contributed by atoms with Gasteiger partial charge in [-0.2, -0.15) is 0 Å². The summed E-state index contributed by atoms with van der Waals surface area (Å²) in [5, 5.41) is 8.93. The molecule has 0 aliphatic carbocycles. The maximum atomic E-state index is 12.2. The molecule has 2 heterocycles. The van der Waals surface area contributed by atoms with Crippen LogP contribution < -0.4 is 0 Å². The Hall–Kier alpha value is -1.30. The van der Waals surface area contributed by atoms with Gasteiger partial charge in [0, 0.05) is 33.3 Å². The molecular formula is C12H20N2O4. The van der Waals surface area contributed by atoms with Crippen molar-refractivity contribution in [2.75, 3.05) is 33.3 Å². The standard InChI is InChI=1S/C12H20N2O4/c1-18-10-3-2-5-13(8-10)12(17)14-6-4-9(7-14)11(15)16/h9-10H,2-8H2,1H3,(H,15,16). The molecule has 2 unspecified atom stereocenters. The molecule has 2 fully saturated rings. The lowest BCUT2D eigenvalue weighted by atomic mass is 10.1. The first-order valence-electron chi connectivity index (χ1n) is 6.41. The minimum absolute atomic E-state index is 0.0412. The number of carboxylic acids is 1. The molecule has 1 N–H and O–H groups in total. The second kappa shape index (κ2) is 5.56. The highest BCUT2D eigenvalue weighted by Crippen LogP contribution is 2.20. The van der Waals surface area contributed by atoms with Crippen molar-refractivity contribution in [3.05, 3.63) is 0 Å². The maximum absolute atomic E-state index is 12.2. The number of rotatable bonds is 2. The number of carbonyl (C=O) groups excluding carboxylic acids is 1. The molecule has 0 aromatic rings. The van der Waals surface area contributed by atoms with E-state index < -0.39 is 11.9 Å². The smallest absolute Gasteiger partial charge is 0.320 e. The van der Waals surface area contributed by atoms with Crippen LogP contribution >= 0.6 is 0 Å². The Labute approximate surface area is 106 Å². The molecule has 2 saturated heterocycles. The summed E-state index contributed by atoms with van der Waals surface area (Å²) < 4.78 is 5.29. The Kier molecular flexibility index (Phi) is 4.06. The van der Waals surface area contributed by atoms with Crippen molar-refractivity contribution in [3.8, 4) is 0 Å². The molecule has 18 heavy (non-hydrogen) atoms. The first-order chi connectivity index (χ1) is 8.61. The van der Waals surface area contributed by atoms with Gasteiger partial charge in [-0.3, -0.25) is 4.79 Å². The number of aliphatic carboxylic acids is 1. The molecule has 2 atom stereocenters. The van der Waals surface area contributed by atoms with Crippen molar-refractivity contribution >= 4 is 12.0 Å². The number of urea groups is 1. The van der Waals surface area contributed by atoms with Gasteiger partial charge < -0.3 is 19.6 Å². The third-order valence-corrected chi connectivity index (χ3v) is 3.79. The Bertz CT molecular complexity index is 334. The van der Waals surface area contributed by atoms with E-state index >= 15 is 0 Å². The largest absolute Gasteiger partial charge is 0.481 e. The van der Waals surface area contributed by atoms with Crippen molar-refractivity contribution in [2.45, 2.75) is 25.4 Å². The van der Waals surface area contributed by atoms with Gasteiger partial charge in [-0.15, -0.1) is 0 Å². The average Bonchev–Trinajstić information content (AvgIpc) is 2.87. The van der Waals surface area contributed by atoms with E-state index in [0.29, 0.717) is 26.1 Å². The summed E-state index contributed by atoms with van der Waals surface area (Å²) in [4.78, 5) is 26.5. The first kappa shape index (κ1) is 13.1.